The summed E-state index contributed by atoms with van der Waals surface area (Å²) in [5, 5.41) is 3.98. The van der Waals surface area contributed by atoms with Crippen molar-refractivity contribution in [3.05, 3.63) is 95.0 Å². The van der Waals surface area contributed by atoms with Gasteiger partial charge in [-0.05, 0) is 42.0 Å². The average Bonchev–Trinajstić information content (AvgIpc) is 2.69. The van der Waals surface area contributed by atoms with Crippen LogP contribution in [0.5, 0.6) is 11.5 Å². The third kappa shape index (κ3) is 5.97. The predicted molar refractivity (Wildman–Crippen MR) is 108 cm³/mol. The van der Waals surface area contributed by atoms with Crippen molar-refractivity contribution >= 4 is 28.1 Å². The van der Waals surface area contributed by atoms with Crippen molar-refractivity contribution in [3.63, 3.8) is 0 Å². The van der Waals surface area contributed by atoms with Crippen LogP contribution < -0.4 is 14.9 Å². The Bertz CT molecular complexity index is 860. The topological polar surface area (TPSA) is 59.9 Å². The Morgan fingerprint density at radius 2 is 1.48 bits per heavy atom. The normalized spacial score (nSPS) is 10.7. The summed E-state index contributed by atoms with van der Waals surface area (Å²) in [4.78, 5) is 12.5. The van der Waals surface area contributed by atoms with Crippen molar-refractivity contribution in [1.29, 1.82) is 0 Å². The third-order valence-corrected chi connectivity index (χ3v) is 3.92. The summed E-state index contributed by atoms with van der Waals surface area (Å²) < 4.78 is 12.3. The number of rotatable bonds is 7. The minimum atomic E-state index is -1.19. The number of ether oxygens (including phenoxy) is 2. The van der Waals surface area contributed by atoms with Crippen molar-refractivity contribution < 1.29 is 14.3 Å². The molecule has 0 bridgehead atoms. The summed E-state index contributed by atoms with van der Waals surface area (Å²) in [7, 11) is 0. The van der Waals surface area contributed by atoms with Gasteiger partial charge in [-0.3, -0.25) is 4.79 Å². The standard InChI is InChI=1S/C21H17BrN2O3/c22-17-9-7-8-16(14-17)15-23-24-20(25)21(26-18-10-3-1-4-11-18)27-19-12-5-2-6-13-19/h1-15,21H,(H,24,25). The molecule has 1 N–H and O–H groups in total. The lowest BCUT2D eigenvalue weighted by Gasteiger charge is -2.18. The molecule has 6 heteroatoms. The van der Waals surface area contributed by atoms with Crippen LogP contribution in [-0.2, 0) is 4.79 Å². The van der Waals surface area contributed by atoms with Crippen LogP contribution in [0.1, 0.15) is 5.56 Å². The maximum absolute atomic E-state index is 12.5. The molecule has 3 rings (SSSR count). The minimum absolute atomic E-state index is 0.518. The molecular formula is C21H17BrN2O3. The zero-order chi connectivity index (χ0) is 18.9. The van der Waals surface area contributed by atoms with Gasteiger partial charge in [-0.1, -0.05) is 64.5 Å². The van der Waals surface area contributed by atoms with E-state index in [0.29, 0.717) is 11.5 Å². The van der Waals surface area contributed by atoms with Crippen LogP contribution in [0.3, 0.4) is 0 Å². The van der Waals surface area contributed by atoms with Gasteiger partial charge in [-0.25, -0.2) is 5.43 Å². The van der Waals surface area contributed by atoms with Gasteiger partial charge >= 0.3 is 12.2 Å². The van der Waals surface area contributed by atoms with Crippen molar-refractivity contribution in [2.24, 2.45) is 5.10 Å². The molecule has 0 aliphatic rings. The smallest absolute Gasteiger partial charge is 0.323 e. The molecule has 136 valence electrons. The number of amides is 1. The van der Waals surface area contributed by atoms with E-state index in [-0.39, 0.29) is 0 Å². The molecule has 0 fully saturated rings. The molecule has 0 saturated carbocycles. The van der Waals surface area contributed by atoms with E-state index >= 15 is 0 Å². The molecule has 0 saturated heterocycles. The molecular weight excluding hydrogens is 408 g/mol. The van der Waals surface area contributed by atoms with E-state index in [1.807, 2.05) is 60.7 Å². The molecule has 0 aliphatic carbocycles. The van der Waals surface area contributed by atoms with Crippen LogP contribution in [0.15, 0.2) is 94.5 Å². The van der Waals surface area contributed by atoms with E-state index in [9.17, 15) is 4.79 Å². The van der Waals surface area contributed by atoms with Gasteiger partial charge in [0.05, 0.1) is 6.21 Å². The number of hydrogen-bond acceptors (Lipinski definition) is 4. The van der Waals surface area contributed by atoms with Crippen LogP contribution in [0.2, 0.25) is 0 Å². The first-order chi connectivity index (χ1) is 13.2. The zero-order valence-electron chi connectivity index (χ0n) is 14.3. The van der Waals surface area contributed by atoms with E-state index in [4.69, 9.17) is 9.47 Å². The Labute approximate surface area is 165 Å². The van der Waals surface area contributed by atoms with Crippen LogP contribution >= 0.6 is 15.9 Å². The Balaban J connectivity index is 1.69. The maximum atomic E-state index is 12.5. The minimum Gasteiger partial charge on any atom is -0.446 e. The molecule has 0 spiro atoms. The van der Waals surface area contributed by atoms with Crippen molar-refractivity contribution in [1.82, 2.24) is 5.43 Å². The lowest BCUT2D eigenvalue weighted by atomic mass is 10.2. The second-order valence-corrected chi connectivity index (χ2v) is 6.40. The Hall–Kier alpha value is -3.12. The van der Waals surface area contributed by atoms with Gasteiger partial charge in [-0.2, -0.15) is 5.10 Å². The van der Waals surface area contributed by atoms with Gasteiger partial charge in [0.25, 0.3) is 0 Å². The summed E-state index contributed by atoms with van der Waals surface area (Å²) in [6.07, 6.45) is 0.361. The van der Waals surface area contributed by atoms with Gasteiger partial charge < -0.3 is 9.47 Å². The fourth-order valence-corrected chi connectivity index (χ4v) is 2.60. The van der Waals surface area contributed by atoms with Crippen molar-refractivity contribution in [2.45, 2.75) is 6.29 Å². The van der Waals surface area contributed by atoms with E-state index in [1.54, 1.807) is 30.5 Å². The van der Waals surface area contributed by atoms with E-state index in [2.05, 4.69) is 26.5 Å². The summed E-state index contributed by atoms with van der Waals surface area (Å²) in [6, 6.07) is 25.5. The molecule has 3 aromatic rings. The number of halogens is 1. The number of benzene rings is 3. The van der Waals surface area contributed by atoms with E-state index < -0.39 is 12.2 Å². The first kappa shape index (κ1) is 18.7. The highest BCUT2D eigenvalue weighted by Gasteiger charge is 2.22. The number of hydrogen-bond donors (Lipinski definition) is 1. The first-order valence-corrected chi connectivity index (χ1v) is 9.02. The third-order valence-electron chi connectivity index (χ3n) is 3.42. The molecule has 3 aromatic carbocycles. The fraction of sp³-hybridized carbons (Fsp3) is 0.0476. The van der Waals surface area contributed by atoms with Gasteiger partial charge in [0.15, 0.2) is 0 Å². The number of nitrogens with one attached hydrogen (secondary N) is 1. The van der Waals surface area contributed by atoms with Gasteiger partial charge in [0, 0.05) is 4.47 Å². The lowest BCUT2D eigenvalue weighted by Crippen LogP contribution is -2.40. The quantitative estimate of drug-likeness (QED) is 0.347. The highest BCUT2D eigenvalue weighted by molar-refractivity contribution is 9.10. The molecule has 0 atom stereocenters. The maximum Gasteiger partial charge on any atom is 0.323 e. The molecule has 0 aliphatic heterocycles. The zero-order valence-corrected chi connectivity index (χ0v) is 15.9. The summed E-state index contributed by atoms with van der Waals surface area (Å²) >= 11 is 3.39. The monoisotopic (exact) mass is 424 g/mol. The van der Waals surface area contributed by atoms with Crippen LogP contribution in [-0.4, -0.2) is 18.4 Å². The van der Waals surface area contributed by atoms with Crippen LogP contribution in [0.25, 0.3) is 0 Å². The van der Waals surface area contributed by atoms with Crippen molar-refractivity contribution in [3.8, 4) is 11.5 Å². The highest BCUT2D eigenvalue weighted by atomic mass is 79.9. The second-order valence-electron chi connectivity index (χ2n) is 5.48. The molecule has 0 heterocycles. The molecule has 0 radical (unpaired) electrons. The molecule has 1 amide bonds. The summed E-state index contributed by atoms with van der Waals surface area (Å²) in [5.74, 6) is 0.517. The SMILES string of the molecule is O=C(NN=Cc1cccc(Br)c1)C(Oc1ccccc1)Oc1ccccc1. The Morgan fingerprint density at radius 3 is 2.04 bits per heavy atom. The largest absolute Gasteiger partial charge is 0.446 e. The Kier molecular flexibility index (Phi) is 6.60. The molecule has 0 aromatic heterocycles. The summed E-state index contributed by atoms with van der Waals surface area (Å²) in [6.45, 7) is 0. The number of carbonyl (C=O) groups excluding carboxylic acids is 1. The fourth-order valence-electron chi connectivity index (χ4n) is 2.19. The second kappa shape index (κ2) is 9.54. The number of para-hydroxylation sites is 2. The number of carbonyl (C=O) groups is 1. The van der Waals surface area contributed by atoms with Crippen LogP contribution in [0, 0.1) is 0 Å². The summed E-state index contributed by atoms with van der Waals surface area (Å²) in [5.41, 5.74) is 3.30. The number of hydrazone groups is 1. The number of nitrogens with zero attached hydrogens (tertiary/aromatic N) is 1. The molecule has 0 unspecified atom stereocenters. The molecule has 27 heavy (non-hydrogen) atoms. The lowest BCUT2D eigenvalue weighted by molar-refractivity contribution is -0.140. The van der Waals surface area contributed by atoms with E-state index in [0.717, 1.165) is 10.0 Å². The highest BCUT2D eigenvalue weighted by Crippen LogP contribution is 2.16. The molecule has 5 nitrogen and oxygen atoms in total. The van der Waals surface area contributed by atoms with Gasteiger partial charge in [-0.15, -0.1) is 0 Å². The van der Waals surface area contributed by atoms with Crippen LogP contribution in [0.4, 0.5) is 0 Å². The van der Waals surface area contributed by atoms with Gasteiger partial charge in [0.2, 0.25) is 0 Å². The van der Waals surface area contributed by atoms with E-state index in [1.165, 1.54) is 0 Å². The Morgan fingerprint density at radius 1 is 0.889 bits per heavy atom. The predicted octanol–water partition coefficient (Wildman–Crippen LogP) is 4.38. The average molecular weight is 425 g/mol. The van der Waals surface area contributed by atoms with Gasteiger partial charge in [0.1, 0.15) is 11.5 Å². The van der Waals surface area contributed by atoms with Crippen molar-refractivity contribution in [2.75, 3.05) is 0 Å². The first-order valence-electron chi connectivity index (χ1n) is 8.22.